The Kier molecular flexibility index (Phi) is 6.44. The standard InChI is InChI=1S/C22H25ClN2O3S2/c1-16-11-14-25(19-7-3-4-8-20(19)29-16)22(26)17-9-10-18(23)21(15-17)30(27,28)24-12-5-2-6-13-24/h3-4,7-10,15-16H,2,5-6,11-14H2,1H3. The molecule has 30 heavy (non-hydrogen) atoms. The smallest absolute Gasteiger partial charge is 0.258 e. The van der Waals surface area contributed by atoms with E-state index in [1.54, 1.807) is 22.7 Å². The number of piperidine rings is 1. The number of nitrogens with zero attached hydrogens (tertiary/aromatic N) is 2. The van der Waals surface area contributed by atoms with Crippen LogP contribution in [-0.4, -0.2) is 43.5 Å². The molecule has 1 atom stereocenters. The average Bonchev–Trinajstić information content (AvgIpc) is 2.92. The van der Waals surface area contributed by atoms with Gasteiger partial charge in [-0.15, -0.1) is 11.8 Å². The fourth-order valence-corrected chi connectivity index (χ4v) is 7.06. The topological polar surface area (TPSA) is 57.7 Å². The van der Waals surface area contributed by atoms with E-state index in [1.807, 2.05) is 24.3 Å². The van der Waals surface area contributed by atoms with E-state index < -0.39 is 10.0 Å². The molecule has 0 saturated carbocycles. The molecule has 0 aromatic heterocycles. The molecule has 2 aliphatic rings. The highest BCUT2D eigenvalue weighted by molar-refractivity contribution is 8.00. The number of carbonyl (C=O) groups excluding carboxylic acids is 1. The number of halogens is 1. The zero-order chi connectivity index (χ0) is 21.3. The Hall–Kier alpha value is -1.54. The third-order valence-electron chi connectivity index (χ3n) is 5.60. The molecular formula is C22H25ClN2O3S2. The molecule has 8 heteroatoms. The van der Waals surface area contributed by atoms with Gasteiger partial charge in [-0.3, -0.25) is 4.79 Å². The van der Waals surface area contributed by atoms with Crippen LogP contribution in [0.15, 0.2) is 52.3 Å². The van der Waals surface area contributed by atoms with Crippen LogP contribution in [0.5, 0.6) is 0 Å². The van der Waals surface area contributed by atoms with Gasteiger partial charge in [0.2, 0.25) is 10.0 Å². The summed E-state index contributed by atoms with van der Waals surface area (Å²) in [6.07, 6.45) is 3.58. The van der Waals surface area contributed by atoms with Gasteiger partial charge in [-0.25, -0.2) is 8.42 Å². The van der Waals surface area contributed by atoms with Crippen LogP contribution in [0.1, 0.15) is 43.0 Å². The Morgan fingerprint density at radius 3 is 2.57 bits per heavy atom. The number of carbonyl (C=O) groups is 1. The minimum absolute atomic E-state index is 0.0165. The van der Waals surface area contributed by atoms with Gasteiger partial charge in [-0.1, -0.05) is 37.1 Å². The van der Waals surface area contributed by atoms with Gasteiger partial charge in [0, 0.05) is 35.3 Å². The second-order valence-corrected chi connectivity index (χ2v) is 11.5. The molecule has 5 nitrogen and oxygen atoms in total. The van der Waals surface area contributed by atoms with Gasteiger partial charge >= 0.3 is 0 Å². The third-order valence-corrected chi connectivity index (χ3v) is 9.22. The van der Waals surface area contributed by atoms with Crippen LogP contribution in [0, 0.1) is 0 Å². The van der Waals surface area contributed by atoms with Gasteiger partial charge < -0.3 is 4.90 Å². The summed E-state index contributed by atoms with van der Waals surface area (Å²) in [5.74, 6) is -0.205. The molecule has 0 spiro atoms. The van der Waals surface area contributed by atoms with Crippen LogP contribution in [0.4, 0.5) is 5.69 Å². The van der Waals surface area contributed by atoms with E-state index in [0.29, 0.717) is 30.4 Å². The largest absolute Gasteiger partial charge is 0.307 e. The first-order chi connectivity index (χ1) is 14.4. The number of hydrogen-bond donors (Lipinski definition) is 0. The molecule has 1 amide bonds. The van der Waals surface area contributed by atoms with E-state index >= 15 is 0 Å². The Bertz CT molecular complexity index is 1050. The molecule has 0 radical (unpaired) electrons. The van der Waals surface area contributed by atoms with Crippen LogP contribution < -0.4 is 4.90 Å². The summed E-state index contributed by atoms with van der Waals surface area (Å²) in [7, 11) is -3.73. The Morgan fingerprint density at radius 2 is 1.80 bits per heavy atom. The SMILES string of the molecule is CC1CCN(C(=O)c2ccc(Cl)c(S(=O)(=O)N3CCCCC3)c2)c2ccccc2S1. The number of para-hydroxylation sites is 1. The lowest BCUT2D eigenvalue weighted by molar-refractivity contribution is 0.0986. The van der Waals surface area contributed by atoms with Crippen molar-refractivity contribution in [3.63, 3.8) is 0 Å². The van der Waals surface area contributed by atoms with Gasteiger partial charge in [0.05, 0.1) is 10.7 Å². The summed E-state index contributed by atoms with van der Waals surface area (Å²) in [6.45, 7) is 3.72. The molecule has 2 heterocycles. The van der Waals surface area contributed by atoms with Crippen molar-refractivity contribution in [3.05, 3.63) is 53.1 Å². The first-order valence-corrected chi connectivity index (χ1v) is 12.9. The van der Waals surface area contributed by atoms with Crippen molar-refractivity contribution in [1.82, 2.24) is 4.31 Å². The Balaban J connectivity index is 1.70. The van der Waals surface area contributed by atoms with Crippen LogP contribution in [0.25, 0.3) is 0 Å². The van der Waals surface area contributed by atoms with Crippen molar-refractivity contribution in [3.8, 4) is 0 Å². The van der Waals surface area contributed by atoms with E-state index in [2.05, 4.69) is 6.92 Å². The highest BCUT2D eigenvalue weighted by Crippen LogP contribution is 2.38. The lowest BCUT2D eigenvalue weighted by atomic mass is 10.1. The van der Waals surface area contributed by atoms with E-state index in [-0.39, 0.29) is 15.8 Å². The molecule has 1 unspecified atom stereocenters. The first kappa shape index (κ1) is 21.7. The van der Waals surface area contributed by atoms with E-state index in [0.717, 1.165) is 36.3 Å². The number of anilines is 1. The second-order valence-electron chi connectivity index (χ2n) is 7.75. The molecule has 2 aromatic carbocycles. The predicted octanol–water partition coefficient (Wildman–Crippen LogP) is 5.05. The summed E-state index contributed by atoms with van der Waals surface area (Å²) < 4.78 is 27.8. The zero-order valence-corrected chi connectivity index (χ0v) is 19.3. The molecular weight excluding hydrogens is 440 g/mol. The number of thioether (sulfide) groups is 1. The van der Waals surface area contributed by atoms with Gasteiger partial charge in [0.25, 0.3) is 5.91 Å². The van der Waals surface area contributed by atoms with E-state index in [9.17, 15) is 13.2 Å². The molecule has 1 saturated heterocycles. The molecule has 1 fully saturated rings. The highest BCUT2D eigenvalue weighted by atomic mass is 35.5. The molecule has 160 valence electrons. The normalized spacial score (nSPS) is 20.5. The molecule has 0 bridgehead atoms. The monoisotopic (exact) mass is 464 g/mol. The fraction of sp³-hybridized carbons (Fsp3) is 0.409. The van der Waals surface area contributed by atoms with Gasteiger partial charge in [-0.05, 0) is 49.6 Å². The summed E-state index contributed by atoms with van der Waals surface area (Å²) in [5, 5.41) is 0.543. The van der Waals surface area contributed by atoms with Gasteiger partial charge in [-0.2, -0.15) is 4.31 Å². The quantitative estimate of drug-likeness (QED) is 0.638. The number of sulfonamides is 1. The maximum atomic E-state index is 13.5. The molecule has 0 aliphatic carbocycles. The molecule has 2 aromatic rings. The van der Waals surface area contributed by atoms with Crippen LogP contribution >= 0.6 is 23.4 Å². The molecule has 0 N–H and O–H groups in total. The second kappa shape index (κ2) is 8.91. The Morgan fingerprint density at radius 1 is 1.07 bits per heavy atom. The summed E-state index contributed by atoms with van der Waals surface area (Å²) in [6, 6.07) is 12.4. The summed E-state index contributed by atoms with van der Waals surface area (Å²) >= 11 is 8.04. The van der Waals surface area contributed by atoms with Crippen molar-refractivity contribution in [2.75, 3.05) is 24.5 Å². The van der Waals surface area contributed by atoms with Crippen molar-refractivity contribution >= 4 is 45.0 Å². The average molecular weight is 465 g/mol. The molecule has 2 aliphatic heterocycles. The highest BCUT2D eigenvalue weighted by Gasteiger charge is 2.30. The van der Waals surface area contributed by atoms with Crippen molar-refractivity contribution in [1.29, 1.82) is 0 Å². The summed E-state index contributed by atoms with van der Waals surface area (Å²) in [4.78, 5) is 16.3. The summed E-state index contributed by atoms with van der Waals surface area (Å²) in [5.41, 5.74) is 1.21. The van der Waals surface area contributed by atoms with Gasteiger partial charge in [0.1, 0.15) is 4.90 Å². The lowest BCUT2D eigenvalue weighted by Crippen LogP contribution is -2.36. The fourth-order valence-electron chi connectivity index (χ4n) is 3.93. The van der Waals surface area contributed by atoms with E-state index in [4.69, 9.17) is 11.6 Å². The van der Waals surface area contributed by atoms with Crippen LogP contribution in [-0.2, 0) is 10.0 Å². The first-order valence-electron chi connectivity index (χ1n) is 10.2. The number of hydrogen-bond acceptors (Lipinski definition) is 4. The number of fused-ring (bicyclic) bond motifs is 1. The Labute approximate surface area is 187 Å². The minimum Gasteiger partial charge on any atom is -0.307 e. The maximum absolute atomic E-state index is 13.5. The number of amides is 1. The van der Waals surface area contributed by atoms with Crippen molar-refractivity contribution in [2.45, 2.75) is 47.6 Å². The zero-order valence-electron chi connectivity index (χ0n) is 16.9. The van der Waals surface area contributed by atoms with Gasteiger partial charge in [0.15, 0.2) is 0 Å². The molecule has 4 rings (SSSR count). The predicted molar refractivity (Wildman–Crippen MR) is 122 cm³/mol. The number of rotatable bonds is 3. The lowest BCUT2D eigenvalue weighted by Gasteiger charge is -2.27. The van der Waals surface area contributed by atoms with Crippen molar-refractivity contribution < 1.29 is 13.2 Å². The minimum atomic E-state index is -3.73. The third kappa shape index (κ3) is 4.26. The van der Waals surface area contributed by atoms with Crippen molar-refractivity contribution in [2.24, 2.45) is 0 Å². The maximum Gasteiger partial charge on any atom is 0.258 e. The van der Waals surface area contributed by atoms with Crippen LogP contribution in [0.2, 0.25) is 5.02 Å². The number of benzene rings is 2. The van der Waals surface area contributed by atoms with Crippen LogP contribution in [0.3, 0.4) is 0 Å². The van der Waals surface area contributed by atoms with E-state index in [1.165, 1.54) is 16.4 Å².